The number of nitrogens with zero attached hydrogens (tertiary/aromatic N) is 1. The van der Waals surface area contributed by atoms with Crippen LogP contribution in [-0.2, 0) is 11.0 Å². The lowest BCUT2D eigenvalue weighted by Gasteiger charge is -2.11. The Hall–Kier alpha value is -2.76. The number of hydrogen-bond donors (Lipinski definition) is 0. The summed E-state index contributed by atoms with van der Waals surface area (Å²) in [5.74, 6) is -0.0787. The van der Waals surface area contributed by atoms with E-state index in [0.717, 1.165) is 12.1 Å². The Kier molecular flexibility index (Phi) is 3.60. The Balaban J connectivity index is 2.13. The predicted octanol–water partition coefficient (Wildman–Crippen LogP) is 4.57. The van der Waals surface area contributed by atoms with E-state index in [2.05, 4.69) is 0 Å². The van der Waals surface area contributed by atoms with Crippen molar-refractivity contribution in [2.75, 3.05) is 0 Å². The molecular formula is C17H12F3NO2. The maximum Gasteiger partial charge on any atom is 0.416 e. The second-order valence-electron chi connectivity index (χ2n) is 5.02. The highest BCUT2D eigenvalue weighted by Gasteiger charge is 2.30. The number of halogens is 3. The van der Waals surface area contributed by atoms with Crippen molar-refractivity contribution in [3.63, 3.8) is 0 Å². The normalized spacial score (nSPS) is 11.7. The maximum absolute atomic E-state index is 12.9. The first-order valence-electron chi connectivity index (χ1n) is 6.82. The molecule has 0 aliphatic carbocycles. The van der Waals surface area contributed by atoms with Gasteiger partial charge in [0.05, 0.1) is 11.1 Å². The fourth-order valence-corrected chi connectivity index (χ4v) is 2.44. The van der Waals surface area contributed by atoms with Gasteiger partial charge in [-0.1, -0.05) is 12.1 Å². The number of ether oxygens (including phenoxy) is 1. The summed E-state index contributed by atoms with van der Waals surface area (Å²) < 4.78 is 45.3. The molecule has 3 rings (SSSR count). The summed E-state index contributed by atoms with van der Waals surface area (Å²) in [6.45, 7) is 1.29. The lowest BCUT2D eigenvalue weighted by atomic mass is 10.2. The van der Waals surface area contributed by atoms with Gasteiger partial charge in [-0.2, -0.15) is 13.2 Å². The van der Waals surface area contributed by atoms with E-state index in [1.807, 2.05) is 0 Å². The standard InChI is InChI=1S/C17H12F3NO2/c1-11(22)23-16-7-3-6-15-14(16)8-9-21(15)13-5-2-4-12(10-13)17(18,19)20/h2-10H,1H3. The number of carbonyl (C=O) groups excluding carboxylic acids is 1. The molecule has 0 N–H and O–H groups in total. The van der Waals surface area contributed by atoms with Crippen LogP contribution in [0, 0.1) is 0 Å². The molecule has 0 aliphatic rings. The molecule has 118 valence electrons. The summed E-state index contributed by atoms with van der Waals surface area (Å²) in [6.07, 6.45) is -2.75. The van der Waals surface area contributed by atoms with Crippen LogP contribution in [0.4, 0.5) is 13.2 Å². The molecule has 0 saturated carbocycles. The quantitative estimate of drug-likeness (QED) is 0.511. The van der Waals surface area contributed by atoms with Crippen LogP contribution in [0.5, 0.6) is 5.75 Å². The van der Waals surface area contributed by atoms with E-state index in [4.69, 9.17) is 4.74 Å². The van der Waals surface area contributed by atoms with Gasteiger partial charge < -0.3 is 9.30 Å². The summed E-state index contributed by atoms with van der Waals surface area (Å²) in [4.78, 5) is 11.1. The zero-order chi connectivity index (χ0) is 16.6. The molecule has 0 spiro atoms. The van der Waals surface area contributed by atoms with Crippen LogP contribution in [0.25, 0.3) is 16.6 Å². The molecule has 0 aliphatic heterocycles. The number of carbonyl (C=O) groups is 1. The molecular weight excluding hydrogens is 307 g/mol. The highest BCUT2D eigenvalue weighted by molar-refractivity contribution is 5.89. The summed E-state index contributed by atoms with van der Waals surface area (Å²) in [7, 11) is 0. The zero-order valence-electron chi connectivity index (χ0n) is 12.1. The lowest BCUT2D eigenvalue weighted by molar-refractivity contribution is -0.137. The first kappa shape index (κ1) is 15.1. The third-order valence-corrected chi connectivity index (χ3v) is 3.40. The maximum atomic E-state index is 12.9. The van der Waals surface area contributed by atoms with Gasteiger partial charge in [0.2, 0.25) is 0 Å². The van der Waals surface area contributed by atoms with E-state index < -0.39 is 17.7 Å². The molecule has 0 amide bonds. The van der Waals surface area contributed by atoms with Gasteiger partial charge in [-0.15, -0.1) is 0 Å². The van der Waals surface area contributed by atoms with E-state index in [1.54, 1.807) is 41.1 Å². The number of rotatable bonds is 2. The number of esters is 1. The van der Waals surface area contributed by atoms with Gasteiger partial charge in [0, 0.05) is 24.2 Å². The van der Waals surface area contributed by atoms with Crippen LogP contribution in [0.3, 0.4) is 0 Å². The Morgan fingerprint density at radius 2 is 1.83 bits per heavy atom. The van der Waals surface area contributed by atoms with Crippen molar-refractivity contribution in [1.82, 2.24) is 4.57 Å². The monoisotopic (exact) mass is 319 g/mol. The molecule has 0 fully saturated rings. The van der Waals surface area contributed by atoms with Gasteiger partial charge in [-0.3, -0.25) is 4.79 Å². The summed E-state index contributed by atoms with van der Waals surface area (Å²) in [5.41, 5.74) is 0.325. The number of aromatic nitrogens is 1. The SMILES string of the molecule is CC(=O)Oc1cccc2c1ccn2-c1cccc(C(F)(F)F)c1. The minimum Gasteiger partial charge on any atom is -0.426 e. The Morgan fingerprint density at radius 3 is 2.52 bits per heavy atom. The number of fused-ring (bicyclic) bond motifs is 1. The highest BCUT2D eigenvalue weighted by atomic mass is 19.4. The largest absolute Gasteiger partial charge is 0.426 e. The van der Waals surface area contributed by atoms with Crippen molar-refractivity contribution in [3.05, 3.63) is 60.3 Å². The minimum atomic E-state index is -4.40. The Bertz CT molecular complexity index is 881. The molecule has 1 heterocycles. The first-order chi connectivity index (χ1) is 10.9. The third-order valence-electron chi connectivity index (χ3n) is 3.40. The number of benzene rings is 2. The molecule has 0 radical (unpaired) electrons. The number of alkyl halides is 3. The topological polar surface area (TPSA) is 31.2 Å². The summed E-state index contributed by atoms with van der Waals surface area (Å²) in [6, 6.07) is 11.8. The second kappa shape index (κ2) is 5.46. The van der Waals surface area contributed by atoms with Crippen molar-refractivity contribution < 1.29 is 22.7 Å². The first-order valence-corrected chi connectivity index (χ1v) is 6.82. The van der Waals surface area contributed by atoms with E-state index in [-0.39, 0.29) is 0 Å². The molecule has 0 atom stereocenters. The molecule has 23 heavy (non-hydrogen) atoms. The van der Waals surface area contributed by atoms with Gasteiger partial charge in [0.15, 0.2) is 0 Å². The van der Waals surface area contributed by atoms with E-state index >= 15 is 0 Å². The number of hydrogen-bond acceptors (Lipinski definition) is 2. The Morgan fingerprint density at radius 1 is 1.09 bits per heavy atom. The van der Waals surface area contributed by atoms with Gasteiger partial charge in [-0.05, 0) is 36.4 Å². The van der Waals surface area contributed by atoms with Gasteiger partial charge in [-0.25, -0.2) is 0 Å². The smallest absolute Gasteiger partial charge is 0.416 e. The van der Waals surface area contributed by atoms with E-state index in [9.17, 15) is 18.0 Å². The highest BCUT2D eigenvalue weighted by Crippen LogP contribution is 2.32. The average Bonchev–Trinajstić information content (AvgIpc) is 2.91. The van der Waals surface area contributed by atoms with E-state index in [1.165, 1.54) is 13.0 Å². The molecule has 3 nitrogen and oxygen atoms in total. The van der Waals surface area contributed by atoms with Crippen molar-refractivity contribution >= 4 is 16.9 Å². The third kappa shape index (κ3) is 2.92. The van der Waals surface area contributed by atoms with Crippen LogP contribution in [0.2, 0.25) is 0 Å². The zero-order valence-corrected chi connectivity index (χ0v) is 12.1. The van der Waals surface area contributed by atoms with Gasteiger partial charge in [0.25, 0.3) is 0 Å². The fourth-order valence-electron chi connectivity index (χ4n) is 2.44. The second-order valence-corrected chi connectivity index (χ2v) is 5.02. The lowest BCUT2D eigenvalue weighted by Crippen LogP contribution is -2.05. The van der Waals surface area contributed by atoms with Gasteiger partial charge in [0.1, 0.15) is 5.75 Å². The fraction of sp³-hybridized carbons (Fsp3) is 0.118. The molecule has 0 bridgehead atoms. The summed E-state index contributed by atoms with van der Waals surface area (Å²) >= 11 is 0. The van der Waals surface area contributed by atoms with E-state index in [0.29, 0.717) is 22.3 Å². The van der Waals surface area contributed by atoms with Crippen LogP contribution >= 0.6 is 0 Å². The predicted molar refractivity (Wildman–Crippen MR) is 79.6 cm³/mol. The van der Waals surface area contributed by atoms with Gasteiger partial charge >= 0.3 is 12.1 Å². The van der Waals surface area contributed by atoms with Crippen molar-refractivity contribution in [1.29, 1.82) is 0 Å². The summed E-state index contributed by atoms with van der Waals surface area (Å²) in [5, 5.41) is 0.653. The Labute approximate surface area is 129 Å². The van der Waals surface area contributed by atoms with Crippen LogP contribution in [0.15, 0.2) is 54.7 Å². The van der Waals surface area contributed by atoms with Crippen LogP contribution in [0.1, 0.15) is 12.5 Å². The molecule has 2 aromatic carbocycles. The molecule has 1 aromatic heterocycles. The average molecular weight is 319 g/mol. The van der Waals surface area contributed by atoms with Crippen molar-refractivity contribution in [2.24, 2.45) is 0 Å². The molecule has 3 aromatic rings. The van der Waals surface area contributed by atoms with Crippen molar-refractivity contribution in [2.45, 2.75) is 13.1 Å². The van der Waals surface area contributed by atoms with Crippen molar-refractivity contribution in [3.8, 4) is 11.4 Å². The molecule has 0 saturated heterocycles. The molecule has 6 heteroatoms. The van der Waals surface area contributed by atoms with Crippen LogP contribution in [-0.4, -0.2) is 10.5 Å². The minimum absolute atomic E-state index is 0.376. The van der Waals surface area contributed by atoms with Crippen LogP contribution < -0.4 is 4.74 Å². The molecule has 0 unspecified atom stereocenters.